The Balaban J connectivity index is 3.19. The third kappa shape index (κ3) is 3.90. The number of thiocarbonyl (C=S) groups is 1. The number of nitrogens with two attached hydrogens (primary N) is 1. The maximum atomic E-state index is 12.3. The Bertz CT molecular complexity index is 577. The van der Waals surface area contributed by atoms with E-state index in [-0.39, 0.29) is 4.99 Å². The maximum absolute atomic E-state index is 12.3. The molecule has 0 aliphatic rings. The van der Waals surface area contributed by atoms with Crippen molar-refractivity contribution in [2.45, 2.75) is 32.4 Å². The van der Waals surface area contributed by atoms with Crippen LogP contribution in [0.5, 0.6) is 0 Å². The van der Waals surface area contributed by atoms with Crippen LogP contribution in [0.1, 0.15) is 24.5 Å². The Morgan fingerprint density at radius 1 is 1.42 bits per heavy atom. The number of sulfonamides is 1. The maximum Gasteiger partial charge on any atom is 0.242 e. The Hall–Kier alpha value is -0.660. The van der Waals surface area contributed by atoms with Gasteiger partial charge in [-0.1, -0.05) is 35.1 Å². The van der Waals surface area contributed by atoms with Gasteiger partial charge in [-0.3, -0.25) is 4.72 Å². The fourth-order valence-corrected chi connectivity index (χ4v) is 4.59. The van der Waals surface area contributed by atoms with E-state index in [1.54, 1.807) is 6.92 Å². The van der Waals surface area contributed by atoms with Crippen molar-refractivity contribution < 1.29 is 8.42 Å². The lowest BCUT2D eigenvalue weighted by atomic mass is 10.1. The predicted molar refractivity (Wildman–Crippen MR) is 87.0 cm³/mol. The van der Waals surface area contributed by atoms with Crippen LogP contribution in [0.3, 0.4) is 0 Å². The van der Waals surface area contributed by atoms with E-state index in [2.05, 4.69) is 20.7 Å². The van der Waals surface area contributed by atoms with Crippen molar-refractivity contribution >= 4 is 48.8 Å². The molecular weight excluding hydrogens is 348 g/mol. The summed E-state index contributed by atoms with van der Waals surface area (Å²) in [5.74, 6) is 0. The van der Waals surface area contributed by atoms with E-state index < -0.39 is 15.3 Å². The SMILES string of the molecule is CCC(C(N)=S)S(=O)(=O)Nc1c(C)cc(Br)cc1C. The second-order valence-electron chi connectivity index (χ2n) is 4.36. The number of halogens is 1. The summed E-state index contributed by atoms with van der Waals surface area (Å²) in [7, 11) is -3.61. The van der Waals surface area contributed by atoms with E-state index in [4.69, 9.17) is 18.0 Å². The van der Waals surface area contributed by atoms with E-state index in [1.165, 1.54) is 0 Å². The summed E-state index contributed by atoms with van der Waals surface area (Å²) < 4.78 is 28.1. The zero-order chi connectivity index (χ0) is 14.8. The van der Waals surface area contributed by atoms with Gasteiger partial charge in [0.25, 0.3) is 0 Å². The van der Waals surface area contributed by atoms with Gasteiger partial charge >= 0.3 is 0 Å². The van der Waals surface area contributed by atoms with E-state index in [1.807, 2.05) is 26.0 Å². The van der Waals surface area contributed by atoms with E-state index in [9.17, 15) is 8.42 Å². The summed E-state index contributed by atoms with van der Waals surface area (Å²) in [5, 5.41) is -0.857. The smallest absolute Gasteiger partial charge is 0.242 e. The minimum Gasteiger partial charge on any atom is -0.392 e. The molecule has 0 radical (unpaired) electrons. The summed E-state index contributed by atoms with van der Waals surface area (Å²) in [6.45, 7) is 5.43. The lowest BCUT2D eigenvalue weighted by molar-refractivity contribution is 0.594. The molecule has 0 bridgehead atoms. The van der Waals surface area contributed by atoms with Crippen molar-refractivity contribution in [3.8, 4) is 0 Å². The molecule has 0 saturated carbocycles. The van der Waals surface area contributed by atoms with Gasteiger partial charge in [0.15, 0.2) is 0 Å². The van der Waals surface area contributed by atoms with Gasteiger partial charge < -0.3 is 5.73 Å². The second-order valence-corrected chi connectivity index (χ2v) is 7.61. The molecule has 0 amide bonds. The van der Waals surface area contributed by atoms with Crippen LogP contribution in [0.2, 0.25) is 0 Å². The summed E-state index contributed by atoms with van der Waals surface area (Å²) in [6.07, 6.45) is 0.347. The van der Waals surface area contributed by atoms with Crippen molar-refractivity contribution in [2.24, 2.45) is 5.73 Å². The van der Waals surface area contributed by atoms with Crippen molar-refractivity contribution in [2.75, 3.05) is 4.72 Å². The number of hydrogen-bond donors (Lipinski definition) is 2. The molecule has 1 aromatic rings. The monoisotopic (exact) mass is 364 g/mol. The molecule has 0 fully saturated rings. The first-order chi connectivity index (χ1) is 8.69. The first-order valence-corrected chi connectivity index (χ1v) is 8.51. The van der Waals surface area contributed by atoms with Crippen molar-refractivity contribution in [3.63, 3.8) is 0 Å². The molecule has 19 heavy (non-hydrogen) atoms. The molecule has 7 heteroatoms. The fourth-order valence-electron chi connectivity index (χ4n) is 1.86. The summed E-state index contributed by atoms with van der Waals surface area (Å²) >= 11 is 8.19. The van der Waals surface area contributed by atoms with Gasteiger partial charge in [0.2, 0.25) is 10.0 Å². The first-order valence-electron chi connectivity index (χ1n) is 5.76. The van der Waals surface area contributed by atoms with E-state index >= 15 is 0 Å². The molecule has 1 rings (SSSR count). The number of benzene rings is 1. The Morgan fingerprint density at radius 3 is 2.26 bits per heavy atom. The fraction of sp³-hybridized carbons (Fsp3) is 0.417. The van der Waals surface area contributed by atoms with Gasteiger partial charge in [0.05, 0.1) is 10.7 Å². The van der Waals surface area contributed by atoms with Crippen LogP contribution in [-0.2, 0) is 10.0 Å². The number of hydrogen-bond acceptors (Lipinski definition) is 3. The highest BCUT2D eigenvalue weighted by atomic mass is 79.9. The van der Waals surface area contributed by atoms with Crippen molar-refractivity contribution in [1.82, 2.24) is 0 Å². The molecule has 0 saturated heterocycles. The first kappa shape index (κ1) is 16.4. The van der Waals surface area contributed by atoms with E-state index in [0.29, 0.717) is 12.1 Å². The van der Waals surface area contributed by atoms with Gasteiger partial charge in [-0.15, -0.1) is 0 Å². The molecule has 4 nitrogen and oxygen atoms in total. The summed E-state index contributed by atoms with van der Waals surface area (Å²) in [6, 6.07) is 3.71. The zero-order valence-corrected chi connectivity index (χ0v) is 14.2. The summed E-state index contributed by atoms with van der Waals surface area (Å²) in [5.41, 5.74) is 7.76. The molecule has 1 aromatic carbocycles. The van der Waals surface area contributed by atoms with Gasteiger partial charge in [-0.25, -0.2) is 8.42 Å². The summed E-state index contributed by atoms with van der Waals surface area (Å²) in [4.78, 5) is -0.0117. The molecule has 0 aliphatic carbocycles. The van der Waals surface area contributed by atoms with Crippen LogP contribution in [0.4, 0.5) is 5.69 Å². The van der Waals surface area contributed by atoms with Crippen LogP contribution in [-0.4, -0.2) is 18.7 Å². The third-order valence-electron chi connectivity index (χ3n) is 2.80. The van der Waals surface area contributed by atoms with Gasteiger partial charge in [-0.05, 0) is 43.5 Å². The molecule has 106 valence electrons. The minimum atomic E-state index is -3.61. The third-order valence-corrected chi connectivity index (χ3v) is 5.52. The van der Waals surface area contributed by atoms with Crippen LogP contribution in [0, 0.1) is 13.8 Å². The molecule has 0 spiro atoms. The van der Waals surface area contributed by atoms with Crippen LogP contribution in [0.25, 0.3) is 0 Å². The molecule has 0 heterocycles. The molecule has 1 unspecified atom stereocenters. The number of nitrogens with one attached hydrogen (secondary N) is 1. The predicted octanol–water partition coefficient (Wildman–Crippen LogP) is 2.87. The number of aryl methyl sites for hydroxylation is 2. The molecule has 3 N–H and O–H groups in total. The molecule has 0 aromatic heterocycles. The lowest BCUT2D eigenvalue weighted by Gasteiger charge is -2.19. The van der Waals surface area contributed by atoms with E-state index in [0.717, 1.165) is 15.6 Å². The van der Waals surface area contributed by atoms with Gasteiger partial charge in [0.1, 0.15) is 5.25 Å². The second kappa shape index (κ2) is 6.19. The normalized spacial score (nSPS) is 13.1. The largest absolute Gasteiger partial charge is 0.392 e. The van der Waals surface area contributed by atoms with Gasteiger partial charge in [-0.2, -0.15) is 0 Å². The minimum absolute atomic E-state index is 0.0117. The number of rotatable bonds is 5. The average molecular weight is 365 g/mol. The van der Waals surface area contributed by atoms with Crippen LogP contribution < -0.4 is 10.5 Å². The molecule has 1 atom stereocenters. The Kier molecular flexibility index (Phi) is 5.34. The molecule has 0 aliphatic heterocycles. The highest BCUT2D eigenvalue weighted by molar-refractivity contribution is 9.10. The van der Waals surface area contributed by atoms with Crippen LogP contribution >= 0.6 is 28.1 Å². The highest BCUT2D eigenvalue weighted by Crippen LogP contribution is 2.27. The van der Waals surface area contributed by atoms with Crippen molar-refractivity contribution in [3.05, 3.63) is 27.7 Å². The van der Waals surface area contributed by atoms with Gasteiger partial charge in [0, 0.05) is 4.47 Å². The standard InChI is InChI=1S/C12H17BrN2O2S2/c1-4-10(12(14)18)19(16,17)15-11-7(2)5-9(13)6-8(11)3/h5-6,10,15H,4H2,1-3H3,(H2,14,18). The zero-order valence-electron chi connectivity index (χ0n) is 11.0. The number of anilines is 1. The molecular formula is C12H17BrN2O2S2. The topological polar surface area (TPSA) is 72.2 Å². The lowest BCUT2D eigenvalue weighted by Crippen LogP contribution is -2.37. The van der Waals surface area contributed by atoms with Crippen molar-refractivity contribution in [1.29, 1.82) is 0 Å². The highest BCUT2D eigenvalue weighted by Gasteiger charge is 2.27. The average Bonchev–Trinajstić information content (AvgIpc) is 2.23. The quantitative estimate of drug-likeness (QED) is 0.787. The Morgan fingerprint density at radius 2 is 1.89 bits per heavy atom. The Labute approximate surface area is 127 Å². The van der Waals surface area contributed by atoms with Crippen LogP contribution in [0.15, 0.2) is 16.6 Å².